The highest BCUT2D eigenvalue weighted by molar-refractivity contribution is 7.99. The summed E-state index contributed by atoms with van der Waals surface area (Å²) >= 11 is 4.61. The molecule has 0 atom stereocenters. The normalized spacial score (nSPS) is 14.9. The molecule has 1 aliphatic rings. The maximum atomic E-state index is 12.5. The van der Waals surface area contributed by atoms with E-state index in [2.05, 4.69) is 49.8 Å². The number of urea groups is 1. The predicted octanol–water partition coefficient (Wildman–Crippen LogP) is 5.86. The van der Waals surface area contributed by atoms with Crippen molar-refractivity contribution in [1.82, 2.24) is 35.0 Å². The van der Waals surface area contributed by atoms with Gasteiger partial charge in [0.25, 0.3) is 0 Å². The fraction of sp³-hybridized carbons (Fsp3) is 0.346. The Balaban J connectivity index is 1.08. The number of carbonyl (C=O) groups is 1. The molecule has 2 amide bonds. The van der Waals surface area contributed by atoms with Gasteiger partial charge >= 0.3 is 6.03 Å². The lowest BCUT2D eigenvalue weighted by Gasteiger charge is -2.30. The second kappa shape index (κ2) is 11.4. The molecule has 196 valence electrons. The number of likely N-dealkylation sites (tertiary alicyclic amines) is 1. The van der Waals surface area contributed by atoms with Crippen LogP contribution in [-0.4, -0.2) is 61.9 Å². The van der Waals surface area contributed by atoms with Crippen LogP contribution < -0.4 is 10.6 Å². The lowest BCUT2D eigenvalue weighted by molar-refractivity contribution is 0.186. The molecular weight excluding hydrogens is 537 g/mol. The Morgan fingerprint density at radius 1 is 1.16 bits per heavy atom. The molecule has 0 unspecified atom stereocenters. The summed E-state index contributed by atoms with van der Waals surface area (Å²) in [6.07, 6.45) is 3.45. The van der Waals surface area contributed by atoms with Gasteiger partial charge in [0.05, 0.1) is 15.1 Å². The van der Waals surface area contributed by atoms with Gasteiger partial charge in [0.2, 0.25) is 5.16 Å². The van der Waals surface area contributed by atoms with Crippen molar-refractivity contribution >= 4 is 61.5 Å². The summed E-state index contributed by atoms with van der Waals surface area (Å²) in [7, 11) is 0. The van der Waals surface area contributed by atoms with Crippen LogP contribution in [0.2, 0.25) is 0 Å². The third-order valence-corrected chi connectivity index (χ3v) is 9.54. The molecule has 5 heterocycles. The van der Waals surface area contributed by atoms with Crippen LogP contribution in [0, 0.1) is 5.92 Å². The Kier molecular flexibility index (Phi) is 7.54. The zero-order chi connectivity index (χ0) is 25.9. The largest absolute Gasteiger partial charge is 0.338 e. The van der Waals surface area contributed by atoms with Crippen molar-refractivity contribution < 1.29 is 4.79 Å². The number of hydrogen-bond donors (Lipinski definition) is 2. The Hall–Kier alpha value is -3.06. The van der Waals surface area contributed by atoms with Gasteiger partial charge in [-0.3, -0.25) is 5.32 Å². The molecule has 1 aliphatic heterocycles. The molecular formula is C26H28N8OS3. The van der Waals surface area contributed by atoms with Crippen molar-refractivity contribution in [2.45, 2.75) is 36.2 Å². The molecule has 38 heavy (non-hydrogen) atoms. The zero-order valence-electron chi connectivity index (χ0n) is 21.0. The summed E-state index contributed by atoms with van der Waals surface area (Å²) in [4.78, 5) is 21.6. The van der Waals surface area contributed by atoms with Crippen LogP contribution in [-0.2, 0) is 0 Å². The van der Waals surface area contributed by atoms with E-state index in [0.717, 1.165) is 38.6 Å². The van der Waals surface area contributed by atoms with E-state index >= 15 is 0 Å². The van der Waals surface area contributed by atoms with Crippen molar-refractivity contribution in [3.05, 3.63) is 47.8 Å². The molecule has 4 aromatic heterocycles. The summed E-state index contributed by atoms with van der Waals surface area (Å²) in [5, 5.41) is 22.6. The van der Waals surface area contributed by atoms with E-state index in [1.807, 2.05) is 35.7 Å². The summed E-state index contributed by atoms with van der Waals surface area (Å²) in [5.41, 5.74) is 2.44. The second-order valence-corrected chi connectivity index (χ2v) is 12.3. The first kappa shape index (κ1) is 25.2. The van der Waals surface area contributed by atoms with Gasteiger partial charge in [-0.2, -0.15) is 9.61 Å². The number of anilines is 1. The number of thiophene rings is 1. The van der Waals surface area contributed by atoms with Crippen LogP contribution in [0.4, 0.5) is 9.93 Å². The van der Waals surface area contributed by atoms with Crippen molar-refractivity contribution in [2.75, 3.05) is 31.5 Å². The second-order valence-electron chi connectivity index (χ2n) is 9.25. The third-order valence-electron chi connectivity index (χ3n) is 6.79. The van der Waals surface area contributed by atoms with Crippen LogP contribution in [0.5, 0.6) is 0 Å². The van der Waals surface area contributed by atoms with Gasteiger partial charge in [0.15, 0.2) is 10.8 Å². The molecule has 1 saturated heterocycles. The van der Waals surface area contributed by atoms with Gasteiger partial charge in [-0.1, -0.05) is 24.3 Å². The van der Waals surface area contributed by atoms with Gasteiger partial charge in [-0.25, -0.2) is 9.78 Å². The van der Waals surface area contributed by atoms with Crippen molar-refractivity contribution in [3.8, 4) is 10.6 Å². The van der Waals surface area contributed by atoms with E-state index in [0.29, 0.717) is 28.4 Å². The van der Waals surface area contributed by atoms with Crippen LogP contribution in [0.25, 0.3) is 26.4 Å². The van der Waals surface area contributed by atoms with Gasteiger partial charge in [-0.05, 0) is 98.4 Å². The quantitative estimate of drug-likeness (QED) is 0.244. The van der Waals surface area contributed by atoms with Crippen molar-refractivity contribution in [2.24, 2.45) is 5.92 Å². The number of carbonyl (C=O) groups excluding carboxylic acids is 1. The zero-order valence-corrected chi connectivity index (χ0v) is 23.4. The Bertz CT molecular complexity index is 1540. The van der Waals surface area contributed by atoms with E-state index in [1.54, 1.807) is 15.9 Å². The number of thiazole rings is 1. The van der Waals surface area contributed by atoms with E-state index in [1.165, 1.54) is 49.0 Å². The first-order valence-electron chi connectivity index (χ1n) is 12.8. The lowest BCUT2D eigenvalue weighted by atomic mass is 9.93. The minimum Gasteiger partial charge on any atom is -0.338 e. The van der Waals surface area contributed by atoms with Gasteiger partial charge in [0, 0.05) is 11.4 Å². The molecule has 2 N–H and O–H groups in total. The Morgan fingerprint density at radius 3 is 2.87 bits per heavy atom. The number of piperidine rings is 1. The first-order chi connectivity index (χ1) is 18.6. The maximum absolute atomic E-state index is 12.5. The number of benzene rings is 1. The van der Waals surface area contributed by atoms with Crippen LogP contribution in [0.1, 0.15) is 26.2 Å². The van der Waals surface area contributed by atoms with E-state index < -0.39 is 0 Å². The highest BCUT2D eigenvalue weighted by Gasteiger charge is 2.18. The lowest BCUT2D eigenvalue weighted by Crippen LogP contribution is -2.35. The Morgan fingerprint density at radius 2 is 2.05 bits per heavy atom. The maximum Gasteiger partial charge on any atom is 0.321 e. The average molecular weight is 565 g/mol. The minimum absolute atomic E-state index is 0.202. The van der Waals surface area contributed by atoms with Gasteiger partial charge in [-0.15, -0.1) is 21.5 Å². The summed E-state index contributed by atoms with van der Waals surface area (Å²) in [6, 6.07) is 13.8. The standard InChI is InChI=1S/C26H28N8OS3/c1-2-33-13-10-17(11-14-33)9-12-27-24(35)29-25-28-19-6-5-18(16-22(19)38-25)37-26-31-30-23-8-7-20(32-34(23)26)21-4-3-15-36-21/h3-8,15-17H,2,9-14H2,1H3,(H2,27,28,29,35). The highest BCUT2D eigenvalue weighted by atomic mass is 32.2. The van der Waals surface area contributed by atoms with E-state index in [4.69, 9.17) is 5.10 Å². The first-order valence-corrected chi connectivity index (χ1v) is 15.3. The van der Waals surface area contributed by atoms with Gasteiger partial charge in [0.1, 0.15) is 5.69 Å². The predicted molar refractivity (Wildman–Crippen MR) is 154 cm³/mol. The molecule has 0 bridgehead atoms. The number of fused-ring (bicyclic) bond motifs is 2. The molecule has 1 fully saturated rings. The molecule has 0 aliphatic carbocycles. The van der Waals surface area contributed by atoms with Crippen molar-refractivity contribution in [3.63, 3.8) is 0 Å². The van der Waals surface area contributed by atoms with Crippen LogP contribution in [0.15, 0.2) is 57.9 Å². The minimum atomic E-state index is -0.202. The molecule has 9 nitrogen and oxygen atoms in total. The smallest absolute Gasteiger partial charge is 0.321 e. The van der Waals surface area contributed by atoms with Gasteiger partial charge < -0.3 is 10.2 Å². The summed E-state index contributed by atoms with van der Waals surface area (Å²) in [5.74, 6) is 0.691. The molecule has 12 heteroatoms. The molecule has 6 rings (SSSR count). The fourth-order valence-corrected chi connectivity index (χ4v) is 7.13. The number of rotatable bonds is 8. The summed E-state index contributed by atoms with van der Waals surface area (Å²) in [6.45, 7) is 6.36. The molecule has 0 radical (unpaired) electrons. The van der Waals surface area contributed by atoms with E-state index in [-0.39, 0.29) is 6.03 Å². The molecule has 5 aromatic rings. The van der Waals surface area contributed by atoms with Crippen molar-refractivity contribution in [1.29, 1.82) is 0 Å². The SMILES string of the molecule is CCN1CCC(CCNC(=O)Nc2nc3ccc(Sc4nnc5ccc(-c6cccs6)nn45)cc3s2)CC1. The fourth-order valence-electron chi connectivity index (χ4n) is 4.64. The van der Waals surface area contributed by atoms with E-state index in [9.17, 15) is 4.79 Å². The average Bonchev–Trinajstić information content (AvgIpc) is 3.69. The summed E-state index contributed by atoms with van der Waals surface area (Å²) < 4.78 is 2.77. The number of nitrogens with zero attached hydrogens (tertiary/aromatic N) is 6. The highest BCUT2D eigenvalue weighted by Crippen LogP contribution is 2.33. The Labute approximate surface area is 232 Å². The topological polar surface area (TPSA) is 100 Å². The number of amides is 2. The molecule has 1 aromatic carbocycles. The number of hydrogen-bond acceptors (Lipinski definition) is 9. The molecule has 0 spiro atoms. The number of aromatic nitrogens is 5. The molecule has 0 saturated carbocycles. The number of nitrogens with one attached hydrogen (secondary N) is 2. The third kappa shape index (κ3) is 5.68. The van der Waals surface area contributed by atoms with Crippen LogP contribution >= 0.6 is 34.4 Å². The monoisotopic (exact) mass is 564 g/mol. The van der Waals surface area contributed by atoms with Crippen LogP contribution in [0.3, 0.4) is 0 Å².